The molecule has 4 nitrogen and oxygen atoms in total. The van der Waals surface area contributed by atoms with E-state index in [4.69, 9.17) is 0 Å². The SMILES string of the molecule is N#Cc1c(SCc2ccccc2)sc2c(O)cc(=O)[nH]c12. The van der Waals surface area contributed by atoms with Crippen LogP contribution in [0.3, 0.4) is 0 Å². The monoisotopic (exact) mass is 314 g/mol. The van der Waals surface area contributed by atoms with E-state index >= 15 is 0 Å². The van der Waals surface area contributed by atoms with Gasteiger partial charge in [0.1, 0.15) is 17.4 Å². The van der Waals surface area contributed by atoms with E-state index in [0.29, 0.717) is 15.8 Å². The van der Waals surface area contributed by atoms with Gasteiger partial charge in [-0.1, -0.05) is 30.3 Å². The van der Waals surface area contributed by atoms with Gasteiger partial charge in [0.25, 0.3) is 5.56 Å². The maximum atomic E-state index is 11.4. The van der Waals surface area contributed by atoms with E-state index < -0.39 is 5.56 Å². The van der Waals surface area contributed by atoms with Gasteiger partial charge in [0.05, 0.1) is 14.4 Å². The van der Waals surface area contributed by atoms with Crippen molar-refractivity contribution in [2.24, 2.45) is 0 Å². The molecule has 1 aromatic carbocycles. The molecule has 0 aliphatic rings. The third-order valence-corrected chi connectivity index (χ3v) is 5.50. The lowest BCUT2D eigenvalue weighted by atomic mass is 10.2. The number of fused-ring (bicyclic) bond motifs is 1. The Balaban J connectivity index is 2.01. The van der Waals surface area contributed by atoms with Gasteiger partial charge in [-0.05, 0) is 5.56 Å². The second kappa shape index (κ2) is 5.64. The van der Waals surface area contributed by atoms with Gasteiger partial charge >= 0.3 is 0 Å². The minimum absolute atomic E-state index is 0.0817. The second-order valence-electron chi connectivity index (χ2n) is 4.37. The highest BCUT2D eigenvalue weighted by molar-refractivity contribution is 8.00. The Hall–Kier alpha value is -2.23. The maximum absolute atomic E-state index is 11.4. The molecule has 0 aliphatic heterocycles. The number of H-pyrrole nitrogens is 1. The summed E-state index contributed by atoms with van der Waals surface area (Å²) >= 11 is 2.85. The number of thiophene rings is 1. The number of benzene rings is 1. The first-order chi connectivity index (χ1) is 10.2. The van der Waals surface area contributed by atoms with E-state index in [1.54, 1.807) is 0 Å². The van der Waals surface area contributed by atoms with Gasteiger partial charge in [0.2, 0.25) is 0 Å². The highest BCUT2D eigenvalue weighted by Gasteiger charge is 2.16. The molecule has 2 aromatic heterocycles. The van der Waals surface area contributed by atoms with Crippen LogP contribution in [-0.4, -0.2) is 10.1 Å². The van der Waals surface area contributed by atoms with Crippen molar-refractivity contribution >= 4 is 33.3 Å². The zero-order valence-electron chi connectivity index (χ0n) is 10.8. The average Bonchev–Trinajstić information content (AvgIpc) is 2.84. The van der Waals surface area contributed by atoms with E-state index in [1.807, 2.05) is 30.3 Å². The summed E-state index contributed by atoms with van der Waals surface area (Å²) in [6.45, 7) is 0. The number of pyridine rings is 1. The number of rotatable bonds is 3. The molecule has 0 atom stereocenters. The first-order valence-corrected chi connectivity index (χ1v) is 7.95. The summed E-state index contributed by atoms with van der Waals surface area (Å²) in [4.78, 5) is 14.1. The van der Waals surface area contributed by atoms with Gasteiger partial charge in [-0.3, -0.25) is 4.79 Å². The lowest BCUT2D eigenvalue weighted by Gasteiger charge is -1.99. The zero-order chi connectivity index (χ0) is 14.8. The first-order valence-electron chi connectivity index (χ1n) is 6.14. The van der Waals surface area contributed by atoms with Gasteiger partial charge in [-0.2, -0.15) is 5.26 Å². The van der Waals surface area contributed by atoms with Crippen LogP contribution in [0.4, 0.5) is 0 Å². The molecule has 2 N–H and O–H groups in total. The van der Waals surface area contributed by atoms with E-state index in [0.717, 1.165) is 21.6 Å². The fourth-order valence-corrected chi connectivity index (χ4v) is 4.28. The summed E-state index contributed by atoms with van der Waals surface area (Å²) in [5.41, 5.74) is 1.59. The molecule has 3 aromatic rings. The fraction of sp³-hybridized carbons (Fsp3) is 0.0667. The number of thioether (sulfide) groups is 1. The van der Waals surface area contributed by atoms with Gasteiger partial charge in [-0.15, -0.1) is 23.1 Å². The van der Waals surface area contributed by atoms with Crippen molar-refractivity contribution in [3.8, 4) is 11.8 Å². The molecule has 0 amide bonds. The summed E-state index contributed by atoms with van der Waals surface area (Å²) in [6, 6.07) is 13.2. The number of hydrogen-bond acceptors (Lipinski definition) is 5. The highest BCUT2D eigenvalue weighted by atomic mass is 32.2. The zero-order valence-corrected chi connectivity index (χ0v) is 12.4. The van der Waals surface area contributed by atoms with Crippen LogP contribution in [0, 0.1) is 11.3 Å². The number of hydrogen-bond donors (Lipinski definition) is 2. The van der Waals surface area contributed by atoms with Crippen molar-refractivity contribution < 1.29 is 5.11 Å². The smallest absolute Gasteiger partial charge is 0.252 e. The summed E-state index contributed by atoms with van der Waals surface area (Å²) in [7, 11) is 0. The van der Waals surface area contributed by atoms with E-state index in [9.17, 15) is 15.2 Å². The molecular formula is C15H10N2O2S2. The van der Waals surface area contributed by atoms with E-state index in [1.165, 1.54) is 23.1 Å². The maximum Gasteiger partial charge on any atom is 0.252 e. The van der Waals surface area contributed by atoms with Crippen LogP contribution in [0.25, 0.3) is 10.2 Å². The second-order valence-corrected chi connectivity index (χ2v) is 6.64. The largest absolute Gasteiger partial charge is 0.506 e. The van der Waals surface area contributed by atoms with Crippen molar-refractivity contribution in [2.45, 2.75) is 9.96 Å². The minimum atomic E-state index is -0.408. The highest BCUT2D eigenvalue weighted by Crippen LogP contribution is 2.40. The quantitative estimate of drug-likeness (QED) is 0.726. The fourth-order valence-electron chi connectivity index (χ4n) is 1.99. The molecule has 104 valence electrons. The lowest BCUT2D eigenvalue weighted by Crippen LogP contribution is -2.02. The molecule has 2 heterocycles. The first kappa shape index (κ1) is 13.7. The molecule has 0 aliphatic carbocycles. The van der Waals surface area contributed by atoms with Crippen molar-refractivity contribution in [1.82, 2.24) is 4.98 Å². The normalized spacial score (nSPS) is 10.6. The van der Waals surface area contributed by atoms with Crippen LogP contribution in [0.1, 0.15) is 11.1 Å². The van der Waals surface area contributed by atoms with Crippen LogP contribution in [0.2, 0.25) is 0 Å². The predicted octanol–water partition coefficient (Wildman–Crippen LogP) is 3.46. The third kappa shape index (κ3) is 2.66. The number of nitrogens with zero attached hydrogens (tertiary/aromatic N) is 1. The molecule has 0 unspecified atom stereocenters. The van der Waals surface area contributed by atoms with Crippen LogP contribution in [-0.2, 0) is 5.75 Å². The predicted molar refractivity (Wildman–Crippen MR) is 84.8 cm³/mol. The molecule has 0 saturated carbocycles. The number of nitriles is 1. The Kier molecular flexibility index (Phi) is 3.69. The Labute approximate surface area is 128 Å². The molecular weight excluding hydrogens is 304 g/mol. The Morgan fingerprint density at radius 2 is 2.10 bits per heavy atom. The van der Waals surface area contributed by atoms with Crippen LogP contribution in [0.5, 0.6) is 5.75 Å². The molecule has 3 rings (SSSR count). The molecule has 0 saturated heterocycles. The van der Waals surface area contributed by atoms with E-state index in [-0.39, 0.29) is 5.75 Å². The summed E-state index contributed by atoms with van der Waals surface area (Å²) in [5, 5.41) is 19.2. The standard InChI is InChI=1S/C15H10N2O2S2/c16-7-10-13-14(11(18)6-12(19)17-13)21-15(10)20-8-9-4-2-1-3-5-9/h1-6H,8H2,(H2,17,18,19). The Morgan fingerprint density at radius 1 is 1.33 bits per heavy atom. The minimum Gasteiger partial charge on any atom is -0.506 e. The average molecular weight is 314 g/mol. The van der Waals surface area contributed by atoms with Crippen molar-refractivity contribution in [3.63, 3.8) is 0 Å². The van der Waals surface area contributed by atoms with Crippen LogP contribution in [0.15, 0.2) is 45.4 Å². The van der Waals surface area contributed by atoms with Crippen molar-refractivity contribution in [3.05, 3.63) is 57.9 Å². The van der Waals surface area contributed by atoms with Crippen molar-refractivity contribution in [2.75, 3.05) is 0 Å². The van der Waals surface area contributed by atoms with Crippen molar-refractivity contribution in [1.29, 1.82) is 5.26 Å². The van der Waals surface area contributed by atoms with Crippen LogP contribution >= 0.6 is 23.1 Å². The summed E-state index contributed by atoms with van der Waals surface area (Å²) in [5.74, 6) is 0.648. The van der Waals surface area contributed by atoms with Gasteiger partial charge in [0, 0.05) is 11.8 Å². The number of aromatic hydroxyl groups is 1. The molecule has 6 heteroatoms. The summed E-state index contributed by atoms with van der Waals surface area (Å²) in [6.07, 6.45) is 0. The molecule has 0 spiro atoms. The topological polar surface area (TPSA) is 76.9 Å². The Bertz CT molecular complexity index is 892. The number of nitrogens with one attached hydrogen (secondary N) is 1. The lowest BCUT2D eigenvalue weighted by molar-refractivity contribution is 0.481. The molecule has 21 heavy (non-hydrogen) atoms. The van der Waals surface area contributed by atoms with Gasteiger partial charge < -0.3 is 10.1 Å². The number of aromatic amines is 1. The molecule has 0 radical (unpaired) electrons. The Morgan fingerprint density at radius 3 is 2.81 bits per heavy atom. The van der Waals surface area contributed by atoms with Gasteiger partial charge in [0.15, 0.2) is 0 Å². The number of aromatic nitrogens is 1. The third-order valence-electron chi connectivity index (χ3n) is 2.95. The summed E-state index contributed by atoms with van der Waals surface area (Å²) < 4.78 is 1.34. The molecule has 0 fully saturated rings. The van der Waals surface area contributed by atoms with Gasteiger partial charge in [-0.25, -0.2) is 0 Å². The van der Waals surface area contributed by atoms with E-state index in [2.05, 4.69) is 11.1 Å². The molecule has 0 bridgehead atoms. The van der Waals surface area contributed by atoms with Crippen LogP contribution < -0.4 is 5.56 Å².